The molecule has 1 rings (SSSR count). The Bertz CT molecular complexity index is 255. The van der Waals surface area contributed by atoms with Crippen molar-refractivity contribution in [1.29, 1.82) is 0 Å². The number of hydrogen-bond donors (Lipinski definition) is 1. The van der Waals surface area contributed by atoms with E-state index in [0.717, 1.165) is 0 Å². The summed E-state index contributed by atoms with van der Waals surface area (Å²) < 4.78 is 30.2. The van der Waals surface area contributed by atoms with Crippen molar-refractivity contribution in [3.8, 4) is 0 Å². The summed E-state index contributed by atoms with van der Waals surface area (Å²) in [7, 11) is 0. The van der Waals surface area contributed by atoms with E-state index in [0.29, 0.717) is 13.0 Å². The van der Waals surface area contributed by atoms with Gasteiger partial charge in [-0.1, -0.05) is 0 Å². The van der Waals surface area contributed by atoms with E-state index >= 15 is 0 Å². The molecule has 0 aromatic heterocycles. The van der Waals surface area contributed by atoms with Crippen molar-refractivity contribution >= 4 is 5.97 Å². The van der Waals surface area contributed by atoms with E-state index in [1.807, 2.05) is 0 Å². The lowest BCUT2D eigenvalue weighted by Gasteiger charge is -2.30. The van der Waals surface area contributed by atoms with Crippen LogP contribution in [0, 0.1) is 5.41 Å². The van der Waals surface area contributed by atoms with E-state index in [1.165, 1.54) is 0 Å². The van der Waals surface area contributed by atoms with Gasteiger partial charge in [-0.3, -0.25) is 4.79 Å². The Labute approximate surface area is 94.5 Å². The zero-order valence-electron chi connectivity index (χ0n) is 9.98. The van der Waals surface area contributed by atoms with Crippen LogP contribution in [0.2, 0.25) is 0 Å². The van der Waals surface area contributed by atoms with Crippen molar-refractivity contribution in [3.63, 3.8) is 0 Å². The zero-order chi connectivity index (χ0) is 12.4. The number of carbonyl (C=O) groups excluding carboxylic acids is 1. The maximum atomic E-state index is 12.5. The van der Waals surface area contributed by atoms with Gasteiger partial charge in [-0.15, -0.1) is 0 Å². The van der Waals surface area contributed by atoms with E-state index in [-0.39, 0.29) is 6.54 Å². The number of alkyl halides is 2. The molecule has 5 heteroatoms. The van der Waals surface area contributed by atoms with Gasteiger partial charge in [-0.25, -0.2) is 8.78 Å². The Morgan fingerprint density at radius 2 is 2.12 bits per heavy atom. The highest BCUT2D eigenvalue weighted by Crippen LogP contribution is 2.35. The summed E-state index contributed by atoms with van der Waals surface area (Å²) in [6.07, 6.45) is -2.48. The zero-order valence-corrected chi connectivity index (χ0v) is 9.98. The number of carbonyl (C=O) groups is 1. The molecule has 0 saturated carbocycles. The smallest absolute Gasteiger partial charge is 0.314 e. The van der Waals surface area contributed by atoms with Gasteiger partial charge in [0.15, 0.2) is 0 Å². The van der Waals surface area contributed by atoms with Gasteiger partial charge in [0.1, 0.15) is 5.60 Å². The third-order valence-electron chi connectivity index (χ3n) is 2.62. The fourth-order valence-corrected chi connectivity index (χ4v) is 1.86. The maximum absolute atomic E-state index is 12.5. The number of nitrogens with one attached hydrogen (secondary N) is 1. The largest absolute Gasteiger partial charge is 0.460 e. The van der Waals surface area contributed by atoms with Crippen molar-refractivity contribution in [2.75, 3.05) is 13.1 Å². The van der Waals surface area contributed by atoms with Crippen molar-refractivity contribution in [1.82, 2.24) is 5.32 Å². The first-order chi connectivity index (χ1) is 7.25. The van der Waals surface area contributed by atoms with E-state index in [4.69, 9.17) is 4.74 Å². The first kappa shape index (κ1) is 13.4. The molecule has 1 heterocycles. The Hall–Kier alpha value is -0.710. The summed E-state index contributed by atoms with van der Waals surface area (Å²) in [5.74, 6) is -0.509. The summed E-state index contributed by atoms with van der Waals surface area (Å²) in [6.45, 7) is 6.09. The van der Waals surface area contributed by atoms with Crippen molar-refractivity contribution in [2.45, 2.75) is 45.6 Å². The first-order valence-electron chi connectivity index (χ1n) is 5.47. The standard InChI is InChI=1S/C11H19F2NO2/c1-10(2,3)16-9(15)11(6-8(12)13)4-5-14-7-11/h8,14H,4-7H2,1-3H3. The van der Waals surface area contributed by atoms with Crippen LogP contribution in [0.4, 0.5) is 8.78 Å². The minimum absolute atomic E-state index is 0.284. The third kappa shape index (κ3) is 3.40. The lowest BCUT2D eigenvalue weighted by Crippen LogP contribution is -2.40. The molecule has 1 saturated heterocycles. The molecular formula is C11H19F2NO2. The fraction of sp³-hybridized carbons (Fsp3) is 0.909. The van der Waals surface area contributed by atoms with E-state index in [9.17, 15) is 13.6 Å². The van der Waals surface area contributed by atoms with Gasteiger partial charge >= 0.3 is 5.97 Å². The predicted octanol–water partition coefficient (Wildman–Crippen LogP) is 1.96. The van der Waals surface area contributed by atoms with E-state index in [1.54, 1.807) is 20.8 Å². The quantitative estimate of drug-likeness (QED) is 0.760. The molecule has 1 aliphatic heterocycles. The molecule has 1 unspecified atom stereocenters. The van der Waals surface area contributed by atoms with Gasteiger partial charge < -0.3 is 10.1 Å². The summed E-state index contributed by atoms with van der Waals surface area (Å²) in [4.78, 5) is 11.9. The predicted molar refractivity (Wildman–Crippen MR) is 56.4 cm³/mol. The topological polar surface area (TPSA) is 38.3 Å². The van der Waals surface area contributed by atoms with Crippen molar-refractivity contribution in [3.05, 3.63) is 0 Å². The van der Waals surface area contributed by atoms with E-state index < -0.39 is 29.8 Å². The monoisotopic (exact) mass is 235 g/mol. The average molecular weight is 235 g/mol. The van der Waals surface area contributed by atoms with Gasteiger partial charge in [-0.2, -0.15) is 0 Å². The number of ether oxygens (including phenoxy) is 1. The molecule has 1 fully saturated rings. The molecule has 94 valence electrons. The maximum Gasteiger partial charge on any atom is 0.314 e. The molecule has 3 nitrogen and oxygen atoms in total. The molecule has 0 bridgehead atoms. The minimum Gasteiger partial charge on any atom is -0.460 e. The Kier molecular flexibility index (Phi) is 3.88. The van der Waals surface area contributed by atoms with E-state index in [2.05, 4.69) is 5.32 Å². The molecule has 0 spiro atoms. The lowest BCUT2D eigenvalue weighted by molar-refractivity contribution is -0.169. The Morgan fingerprint density at radius 1 is 1.50 bits per heavy atom. The van der Waals surface area contributed by atoms with Crippen LogP contribution in [0.15, 0.2) is 0 Å². The van der Waals surface area contributed by atoms with Gasteiger partial charge in [-0.05, 0) is 33.7 Å². The van der Waals surface area contributed by atoms with Gasteiger partial charge in [0.2, 0.25) is 6.43 Å². The van der Waals surface area contributed by atoms with Crippen LogP contribution in [-0.4, -0.2) is 31.1 Å². The number of esters is 1. The summed E-state index contributed by atoms with van der Waals surface area (Å²) in [5.41, 5.74) is -1.67. The second-order valence-corrected chi connectivity index (χ2v) is 5.30. The van der Waals surface area contributed by atoms with Crippen molar-refractivity contribution in [2.24, 2.45) is 5.41 Å². The molecule has 1 aliphatic rings. The molecule has 1 atom stereocenters. The summed E-state index contributed by atoms with van der Waals surface area (Å²) in [6, 6.07) is 0. The summed E-state index contributed by atoms with van der Waals surface area (Å²) in [5, 5.41) is 2.95. The highest BCUT2D eigenvalue weighted by atomic mass is 19.3. The van der Waals surface area contributed by atoms with Crippen LogP contribution in [-0.2, 0) is 9.53 Å². The minimum atomic E-state index is -2.48. The third-order valence-corrected chi connectivity index (χ3v) is 2.62. The molecular weight excluding hydrogens is 216 g/mol. The average Bonchev–Trinajstić information content (AvgIpc) is 2.49. The second kappa shape index (κ2) is 4.65. The van der Waals surface area contributed by atoms with Crippen molar-refractivity contribution < 1.29 is 18.3 Å². The first-order valence-corrected chi connectivity index (χ1v) is 5.47. The van der Waals surface area contributed by atoms with Gasteiger partial charge in [0, 0.05) is 13.0 Å². The van der Waals surface area contributed by atoms with Gasteiger partial charge in [0.25, 0.3) is 0 Å². The lowest BCUT2D eigenvalue weighted by atomic mass is 9.83. The number of halogens is 2. The Morgan fingerprint density at radius 3 is 2.50 bits per heavy atom. The molecule has 0 aromatic rings. The molecule has 0 aliphatic carbocycles. The molecule has 1 N–H and O–H groups in total. The van der Waals surface area contributed by atoms with Gasteiger partial charge in [0.05, 0.1) is 5.41 Å². The van der Waals surface area contributed by atoms with Crippen LogP contribution < -0.4 is 5.32 Å². The molecule has 0 amide bonds. The SMILES string of the molecule is CC(C)(C)OC(=O)C1(CC(F)F)CCNC1. The van der Waals surface area contributed by atoms with Crippen LogP contribution in [0.25, 0.3) is 0 Å². The fourth-order valence-electron chi connectivity index (χ4n) is 1.86. The van der Waals surface area contributed by atoms with Crippen LogP contribution in [0.1, 0.15) is 33.6 Å². The normalized spacial score (nSPS) is 26.1. The Balaban J connectivity index is 2.73. The molecule has 16 heavy (non-hydrogen) atoms. The van der Waals surface area contributed by atoms with Crippen LogP contribution in [0.3, 0.4) is 0 Å². The van der Waals surface area contributed by atoms with Crippen LogP contribution >= 0.6 is 0 Å². The highest BCUT2D eigenvalue weighted by Gasteiger charge is 2.45. The molecule has 0 aromatic carbocycles. The number of hydrogen-bond acceptors (Lipinski definition) is 3. The highest BCUT2D eigenvalue weighted by molar-refractivity contribution is 5.78. The molecule has 0 radical (unpaired) electrons. The number of rotatable bonds is 3. The second-order valence-electron chi connectivity index (χ2n) is 5.30. The summed E-state index contributed by atoms with van der Waals surface area (Å²) >= 11 is 0. The van der Waals surface area contributed by atoms with Crippen LogP contribution in [0.5, 0.6) is 0 Å².